The minimum absolute atomic E-state index is 0.192. The summed E-state index contributed by atoms with van der Waals surface area (Å²) >= 11 is 3.29. The molecule has 2 rings (SSSR count). The van der Waals surface area contributed by atoms with Gasteiger partial charge in [-0.2, -0.15) is 0 Å². The van der Waals surface area contributed by atoms with Gasteiger partial charge in [0, 0.05) is 32.7 Å². The van der Waals surface area contributed by atoms with E-state index >= 15 is 0 Å². The molecule has 0 aromatic heterocycles. The van der Waals surface area contributed by atoms with E-state index in [2.05, 4.69) is 32.7 Å². The highest BCUT2D eigenvalue weighted by Gasteiger charge is 2.20. The third-order valence-corrected chi connectivity index (χ3v) is 4.38. The molecule has 0 saturated carbocycles. The predicted molar refractivity (Wildman–Crippen MR) is 76.3 cm³/mol. The summed E-state index contributed by atoms with van der Waals surface area (Å²) in [6.45, 7) is 7.30. The first kappa shape index (κ1) is 13.8. The van der Waals surface area contributed by atoms with Crippen LogP contribution in [0.25, 0.3) is 0 Å². The SMILES string of the molecule is CCN1CCN(c2ccc(CN)c(Br)c2F)CC1. The smallest absolute Gasteiger partial charge is 0.160 e. The molecule has 1 heterocycles. The van der Waals surface area contributed by atoms with Gasteiger partial charge in [0.15, 0.2) is 5.82 Å². The summed E-state index contributed by atoms with van der Waals surface area (Å²) in [5, 5.41) is 0. The van der Waals surface area contributed by atoms with Crippen LogP contribution >= 0.6 is 15.9 Å². The molecule has 0 unspecified atom stereocenters. The highest BCUT2D eigenvalue weighted by atomic mass is 79.9. The lowest BCUT2D eigenvalue weighted by atomic mass is 10.1. The van der Waals surface area contributed by atoms with Gasteiger partial charge in [-0.1, -0.05) is 13.0 Å². The van der Waals surface area contributed by atoms with Crippen molar-refractivity contribution in [2.75, 3.05) is 37.6 Å². The highest BCUT2D eigenvalue weighted by molar-refractivity contribution is 9.10. The Morgan fingerprint density at radius 1 is 1.28 bits per heavy atom. The molecule has 1 aliphatic heterocycles. The monoisotopic (exact) mass is 315 g/mol. The molecule has 1 aromatic rings. The van der Waals surface area contributed by atoms with Crippen LogP contribution in [0.4, 0.5) is 10.1 Å². The van der Waals surface area contributed by atoms with E-state index in [1.807, 2.05) is 12.1 Å². The summed E-state index contributed by atoms with van der Waals surface area (Å²) in [5.74, 6) is -0.192. The first-order valence-electron chi connectivity index (χ1n) is 6.31. The molecule has 0 atom stereocenters. The Kier molecular flexibility index (Phi) is 4.59. The van der Waals surface area contributed by atoms with Gasteiger partial charge in [0.1, 0.15) is 0 Å². The molecule has 0 amide bonds. The van der Waals surface area contributed by atoms with Crippen LogP contribution in [0, 0.1) is 5.82 Å². The molecule has 1 saturated heterocycles. The van der Waals surface area contributed by atoms with E-state index in [-0.39, 0.29) is 5.82 Å². The van der Waals surface area contributed by atoms with Crippen molar-refractivity contribution in [1.82, 2.24) is 4.90 Å². The molecule has 0 radical (unpaired) electrons. The summed E-state index contributed by atoms with van der Waals surface area (Å²) in [6.07, 6.45) is 0. The normalized spacial score (nSPS) is 17.2. The summed E-state index contributed by atoms with van der Waals surface area (Å²) in [5.41, 5.74) is 7.05. The van der Waals surface area contributed by atoms with Crippen LogP contribution < -0.4 is 10.6 Å². The number of nitrogens with zero attached hydrogens (tertiary/aromatic N) is 2. The summed E-state index contributed by atoms with van der Waals surface area (Å²) in [6, 6.07) is 3.73. The maximum atomic E-state index is 14.3. The Labute approximate surface area is 116 Å². The fourth-order valence-corrected chi connectivity index (χ4v) is 2.78. The number of piperazine rings is 1. The second-order valence-electron chi connectivity index (χ2n) is 4.50. The quantitative estimate of drug-likeness (QED) is 0.928. The number of benzene rings is 1. The zero-order valence-electron chi connectivity index (χ0n) is 10.6. The van der Waals surface area contributed by atoms with Crippen LogP contribution in [0.1, 0.15) is 12.5 Å². The molecule has 0 bridgehead atoms. The van der Waals surface area contributed by atoms with Gasteiger partial charge in [-0.3, -0.25) is 0 Å². The van der Waals surface area contributed by atoms with Gasteiger partial charge in [0.25, 0.3) is 0 Å². The second-order valence-corrected chi connectivity index (χ2v) is 5.29. The number of likely N-dealkylation sites (N-methyl/N-ethyl adjacent to an activating group) is 1. The van der Waals surface area contributed by atoms with Crippen molar-refractivity contribution >= 4 is 21.6 Å². The van der Waals surface area contributed by atoms with E-state index in [1.165, 1.54) is 0 Å². The zero-order valence-corrected chi connectivity index (χ0v) is 12.2. The number of hydrogen-bond acceptors (Lipinski definition) is 3. The van der Waals surface area contributed by atoms with E-state index in [0.29, 0.717) is 16.7 Å². The number of rotatable bonds is 3. The minimum atomic E-state index is -0.192. The van der Waals surface area contributed by atoms with E-state index in [1.54, 1.807) is 0 Å². The van der Waals surface area contributed by atoms with Crippen LogP contribution in [-0.2, 0) is 6.54 Å². The zero-order chi connectivity index (χ0) is 13.1. The summed E-state index contributed by atoms with van der Waals surface area (Å²) < 4.78 is 14.8. The Morgan fingerprint density at radius 2 is 1.94 bits per heavy atom. The van der Waals surface area contributed by atoms with Gasteiger partial charge in [-0.15, -0.1) is 0 Å². The molecule has 0 aliphatic carbocycles. The summed E-state index contributed by atoms with van der Waals surface area (Å²) in [4.78, 5) is 4.48. The lowest BCUT2D eigenvalue weighted by Gasteiger charge is -2.35. The molecule has 5 heteroatoms. The molecular formula is C13H19BrFN3. The van der Waals surface area contributed by atoms with Gasteiger partial charge in [-0.25, -0.2) is 4.39 Å². The van der Waals surface area contributed by atoms with Crippen LogP contribution in [-0.4, -0.2) is 37.6 Å². The van der Waals surface area contributed by atoms with Crippen LogP contribution in [0.3, 0.4) is 0 Å². The van der Waals surface area contributed by atoms with Crippen molar-refractivity contribution in [3.05, 3.63) is 28.0 Å². The van der Waals surface area contributed by atoms with Gasteiger partial charge in [0.05, 0.1) is 10.2 Å². The Bertz CT molecular complexity index is 417. The molecule has 18 heavy (non-hydrogen) atoms. The van der Waals surface area contributed by atoms with Crippen LogP contribution in [0.15, 0.2) is 16.6 Å². The Hall–Kier alpha value is -0.650. The lowest BCUT2D eigenvalue weighted by Crippen LogP contribution is -2.46. The number of anilines is 1. The molecule has 3 nitrogen and oxygen atoms in total. The minimum Gasteiger partial charge on any atom is -0.367 e. The van der Waals surface area contributed by atoms with Crippen LogP contribution in [0.5, 0.6) is 0 Å². The van der Waals surface area contributed by atoms with E-state index < -0.39 is 0 Å². The van der Waals surface area contributed by atoms with Crippen molar-refractivity contribution < 1.29 is 4.39 Å². The first-order valence-corrected chi connectivity index (χ1v) is 7.11. The van der Waals surface area contributed by atoms with Crippen molar-refractivity contribution in [2.24, 2.45) is 5.73 Å². The molecule has 1 aromatic carbocycles. The van der Waals surface area contributed by atoms with E-state index in [9.17, 15) is 4.39 Å². The average molecular weight is 316 g/mol. The Balaban J connectivity index is 2.17. The summed E-state index contributed by atoms with van der Waals surface area (Å²) in [7, 11) is 0. The molecule has 1 aliphatic rings. The third-order valence-electron chi connectivity index (χ3n) is 3.52. The van der Waals surface area contributed by atoms with Crippen molar-refractivity contribution in [2.45, 2.75) is 13.5 Å². The number of halogens is 2. The fraction of sp³-hybridized carbons (Fsp3) is 0.538. The molecule has 100 valence electrons. The number of hydrogen-bond donors (Lipinski definition) is 1. The van der Waals surface area contributed by atoms with Crippen molar-refractivity contribution in [3.63, 3.8) is 0 Å². The van der Waals surface area contributed by atoms with Crippen molar-refractivity contribution in [1.29, 1.82) is 0 Å². The van der Waals surface area contributed by atoms with Gasteiger partial charge >= 0.3 is 0 Å². The largest absolute Gasteiger partial charge is 0.367 e. The molecule has 2 N–H and O–H groups in total. The van der Waals surface area contributed by atoms with Crippen LogP contribution in [0.2, 0.25) is 0 Å². The maximum absolute atomic E-state index is 14.3. The third kappa shape index (κ3) is 2.68. The Morgan fingerprint density at radius 3 is 2.50 bits per heavy atom. The second kappa shape index (κ2) is 5.99. The van der Waals surface area contributed by atoms with Gasteiger partial charge in [0.2, 0.25) is 0 Å². The molecule has 0 spiro atoms. The van der Waals surface area contributed by atoms with Gasteiger partial charge in [-0.05, 0) is 34.1 Å². The number of nitrogens with two attached hydrogens (primary N) is 1. The fourth-order valence-electron chi connectivity index (χ4n) is 2.29. The van der Waals surface area contributed by atoms with Crippen molar-refractivity contribution in [3.8, 4) is 0 Å². The topological polar surface area (TPSA) is 32.5 Å². The average Bonchev–Trinajstić information content (AvgIpc) is 2.42. The standard InChI is InChI=1S/C13H19BrFN3/c1-2-17-5-7-18(8-6-17)11-4-3-10(9-16)12(14)13(11)15/h3-4H,2,5-9,16H2,1H3. The maximum Gasteiger partial charge on any atom is 0.160 e. The lowest BCUT2D eigenvalue weighted by molar-refractivity contribution is 0.270. The molecular weight excluding hydrogens is 297 g/mol. The van der Waals surface area contributed by atoms with Gasteiger partial charge < -0.3 is 15.5 Å². The highest BCUT2D eigenvalue weighted by Crippen LogP contribution is 2.29. The van der Waals surface area contributed by atoms with E-state index in [4.69, 9.17) is 5.73 Å². The van der Waals surface area contributed by atoms with E-state index in [0.717, 1.165) is 38.3 Å². The predicted octanol–water partition coefficient (Wildman–Crippen LogP) is 2.19. The first-order chi connectivity index (χ1) is 8.67. The molecule has 1 fully saturated rings.